The van der Waals surface area contributed by atoms with Crippen LogP contribution in [0.15, 0.2) is 54.6 Å². The number of nitrogens with one attached hydrogen (secondary N) is 2. The van der Waals surface area contributed by atoms with E-state index in [1.54, 1.807) is 32.9 Å². The molecule has 1 amide bonds. The maximum Gasteiger partial charge on any atom is 0.407 e. The molecule has 2 unspecified atom stereocenters. The Hall–Kier alpha value is -2.57. The Labute approximate surface area is 160 Å². The Morgan fingerprint density at radius 2 is 1.59 bits per heavy atom. The number of carbonyl (C=O) groups is 1. The number of rotatable bonds is 7. The van der Waals surface area contributed by atoms with Crippen LogP contribution in [0.25, 0.3) is 0 Å². The summed E-state index contributed by atoms with van der Waals surface area (Å²) in [7, 11) is 0. The summed E-state index contributed by atoms with van der Waals surface area (Å²) in [5.74, 6) is 0. The fourth-order valence-corrected chi connectivity index (χ4v) is 2.47. The quantitative estimate of drug-likeness (QED) is 0.594. The molecule has 2 aromatic carbocycles. The number of hydrogen-bond acceptors (Lipinski definition) is 5. The summed E-state index contributed by atoms with van der Waals surface area (Å²) < 4.78 is 5.13. The molecule has 6 heteroatoms. The molecule has 0 aromatic heterocycles. The van der Waals surface area contributed by atoms with E-state index in [4.69, 9.17) is 4.74 Å². The van der Waals surface area contributed by atoms with Crippen molar-refractivity contribution in [2.75, 3.05) is 11.9 Å². The zero-order valence-corrected chi connectivity index (χ0v) is 16.0. The van der Waals surface area contributed by atoms with Crippen molar-refractivity contribution in [3.63, 3.8) is 0 Å². The highest BCUT2D eigenvalue weighted by molar-refractivity contribution is 5.67. The average molecular weight is 372 g/mol. The normalized spacial score (nSPS) is 13.5. The van der Waals surface area contributed by atoms with Gasteiger partial charge in [-0.2, -0.15) is 0 Å². The number of benzene rings is 2. The monoisotopic (exact) mass is 372 g/mol. The minimum absolute atomic E-state index is 0.209. The van der Waals surface area contributed by atoms with Gasteiger partial charge in [-0.1, -0.05) is 30.3 Å². The van der Waals surface area contributed by atoms with Crippen LogP contribution in [-0.2, 0) is 4.74 Å². The van der Waals surface area contributed by atoms with Gasteiger partial charge in [-0.15, -0.1) is 0 Å². The highest BCUT2D eigenvalue weighted by Crippen LogP contribution is 2.22. The fourth-order valence-electron chi connectivity index (χ4n) is 2.47. The molecule has 0 fully saturated rings. The van der Waals surface area contributed by atoms with Gasteiger partial charge in [0, 0.05) is 17.9 Å². The Kier molecular flexibility index (Phi) is 7.21. The van der Waals surface area contributed by atoms with Crippen LogP contribution < -0.4 is 10.6 Å². The minimum Gasteiger partial charge on any atom is -0.444 e. The maximum atomic E-state index is 11.6. The lowest BCUT2D eigenvalue weighted by Crippen LogP contribution is -2.34. The van der Waals surface area contributed by atoms with Gasteiger partial charge < -0.3 is 25.6 Å². The molecule has 0 saturated heterocycles. The molecule has 0 radical (unpaired) electrons. The summed E-state index contributed by atoms with van der Waals surface area (Å²) in [4.78, 5) is 11.6. The van der Waals surface area contributed by atoms with Crippen molar-refractivity contribution in [2.45, 2.75) is 45.0 Å². The van der Waals surface area contributed by atoms with E-state index in [0.717, 1.165) is 11.4 Å². The number of anilines is 2. The zero-order valence-electron chi connectivity index (χ0n) is 16.0. The SMILES string of the molecule is CC(C)(C)OC(=O)NCCC(O)C(O)c1ccc(Nc2ccccc2)cc1. The largest absolute Gasteiger partial charge is 0.444 e. The second-order valence-corrected chi connectivity index (χ2v) is 7.34. The van der Waals surface area contributed by atoms with Crippen LogP contribution in [0.1, 0.15) is 38.9 Å². The van der Waals surface area contributed by atoms with E-state index in [9.17, 15) is 15.0 Å². The zero-order chi connectivity index (χ0) is 19.9. The van der Waals surface area contributed by atoms with Gasteiger partial charge in [-0.25, -0.2) is 4.79 Å². The first-order valence-electron chi connectivity index (χ1n) is 8.99. The van der Waals surface area contributed by atoms with Crippen molar-refractivity contribution in [1.82, 2.24) is 5.32 Å². The van der Waals surface area contributed by atoms with Gasteiger partial charge in [-0.05, 0) is 57.0 Å². The topological polar surface area (TPSA) is 90.8 Å². The number of hydrogen-bond donors (Lipinski definition) is 4. The van der Waals surface area contributed by atoms with Gasteiger partial charge in [0.1, 0.15) is 11.7 Å². The minimum atomic E-state index is -1.03. The second-order valence-electron chi connectivity index (χ2n) is 7.34. The Morgan fingerprint density at radius 1 is 1.00 bits per heavy atom. The number of aliphatic hydroxyl groups excluding tert-OH is 2. The maximum absolute atomic E-state index is 11.6. The van der Waals surface area contributed by atoms with Crippen molar-refractivity contribution in [1.29, 1.82) is 0 Å². The fraction of sp³-hybridized carbons (Fsp3) is 0.381. The number of ether oxygens (including phenoxy) is 1. The number of aliphatic hydroxyl groups is 2. The number of para-hydroxylation sites is 1. The average Bonchev–Trinajstić information content (AvgIpc) is 2.61. The molecule has 27 heavy (non-hydrogen) atoms. The van der Waals surface area contributed by atoms with Crippen LogP contribution >= 0.6 is 0 Å². The van der Waals surface area contributed by atoms with E-state index in [1.165, 1.54) is 0 Å². The van der Waals surface area contributed by atoms with Crippen LogP contribution in [0.2, 0.25) is 0 Å². The number of alkyl carbamates (subject to hydrolysis) is 1. The molecule has 2 atom stereocenters. The van der Waals surface area contributed by atoms with Crippen molar-refractivity contribution in [3.8, 4) is 0 Å². The van der Waals surface area contributed by atoms with Gasteiger partial charge in [0.2, 0.25) is 0 Å². The molecule has 4 N–H and O–H groups in total. The van der Waals surface area contributed by atoms with Crippen LogP contribution in [0.5, 0.6) is 0 Å². The molecule has 0 aliphatic rings. The summed E-state index contributed by atoms with van der Waals surface area (Å²) in [5.41, 5.74) is 1.90. The first-order chi connectivity index (χ1) is 12.7. The third kappa shape index (κ3) is 7.29. The van der Waals surface area contributed by atoms with Gasteiger partial charge in [-0.3, -0.25) is 0 Å². The Balaban J connectivity index is 1.82. The van der Waals surface area contributed by atoms with Crippen LogP contribution in [-0.4, -0.2) is 34.6 Å². The molecule has 2 aromatic rings. The standard InChI is InChI=1S/C21H28N2O4/c1-21(2,3)27-20(26)22-14-13-18(24)19(25)15-9-11-17(12-10-15)23-16-7-5-4-6-8-16/h4-12,18-19,23-25H,13-14H2,1-3H3,(H,22,26). The molecule has 146 valence electrons. The van der Waals surface area contributed by atoms with E-state index >= 15 is 0 Å². The van der Waals surface area contributed by atoms with Gasteiger partial charge in [0.25, 0.3) is 0 Å². The predicted octanol–water partition coefficient (Wildman–Crippen LogP) is 3.74. The molecule has 0 bridgehead atoms. The predicted molar refractivity (Wildman–Crippen MR) is 106 cm³/mol. The Morgan fingerprint density at radius 3 is 2.19 bits per heavy atom. The van der Waals surface area contributed by atoms with Crippen LogP contribution in [0, 0.1) is 0 Å². The summed E-state index contributed by atoms with van der Waals surface area (Å²) in [6.45, 7) is 5.55. The molecule has 2 rings (SSSR count). The molecule has 0 spiro atoms. The number of carbonyl (C=O) groups excluding carboxylic acids is 1. The summed E-state index contributed by atoms with van der Waals surface area (Å²) in [6.07, 6.45) is -2.35. The first-order valence-corrected chi connectivity index (χ1v) is 8.99. The first kappa shape index (κ1) is 20.7. The molecule has 6 nitrogen and oxygen atoms in total. The lowest BCUT2D eigenvalue weighted by Gasteiger charge is -2.21. The van der Waals surface area contributed by atoms with Crippen molar-refractivity contribution < 1.29 is 19.7 Å². The van der Waals surface area contributed by atoms with Crippen LogP contribution in [0.4, 0.5) is 16.2 Å². The third-order valence-corrected chi connectivity index (χ3v) is 3.79. The lowest BCUT2D eigenvalue weighted by molar-refractivity contribution is 0.0123. The summed E-state index contributed by atoms with van der Waals surface area (Å²) in [5, 5.41) is 26.3. The summed E-state index contributed by atoms with van der Waals surface area (Å²) >= 11 is 0. The highest BCUT2D eigenvalue weighted by atomic mass is 16.6. The molecule has 0 aliphatic carbocycles. The highest BCUT2D eigenvalue weighted by Gasteiger charge is 2.20. The van der Waals surface area contributed by atoms with E-state index < -0.39 is 23.9 Å². The Bertz CT molecular complexity index is 711. The van der Waals surface area contributed by atoms with E-state index in [1.807, 2.05) is 42.5 Å². The van der Waals surface area contributed by atoms with E-state index in [0.29, 0.717) is 5.56 Å². The van der Waals surface area contributed by atoms with Crippen molar-refractivity contribution >= 4 is 17.5 Å². The molecule has 0 heterocycles. The molecular weight excluding hydrogens is 344 g/mol. The smallest absolute Gasteiger partial charge is 0.407 e. The molecule has 0 saturated carbocycles. The van der Waals surface area contributed by atoms with E-state index in [2.05, 4.69) is 10.6 Å². The number of amides is 1. The molecule has 0 aliphatic heterocycles. The van der Waals surface area contributed by atoms with Gasteiger partial charge >= 0.3 is 6.09 Å². The van der Waals surface area contributed by atoms with Crippen molar-refractivity contribution in [3.05, 3.63) is 60.2 Å². The van der Waals surface area contributed by atoms with Gasteiger partial charge in [0.05, 0.1) is 6.10 Å². The molecular formula is C21H28N2O4. The van der Waals surface area contributed by atoms with Gasteiger partial charge in [0.15, 0.2) is 0 Å². The summed E-state index contributed by atoms with van der Waals surface area (Å²) in [6, 6.07) is 17.0. The third-order valence-electron chi connectivity index (χ3n) is 3.79. The van der Waals surface area contributed by atoms with E-state index in [-0.39, 0.29) is 13.0 Å². The van der Waals surface area contributed by atoms with Crippen molar-refractivity contribution in [2.24, 2.45) is 0 Å². The lowest BCUT2D eigenvalue weighted by atomic mass is 10.0. The second kappa shape index (κ2) is 9.39. The van der Waals surface area contributed by atoms with Crippen LogP contribution in [0.3, 0.4) is 0 Å².